The molecule has 44 valence electrons. The standard InChI is InChI=1S/C3H4ClN3O/c1-2(3(4)8)6-7-5/h2H,1H3/t2-/m1/s1. The predicted octanol–water partition coefficient (Wildman–Crippen LogP) is 1.45. The van der Waals surface area contributed by atoms with Crippen molar-refractivity contribution >= 4 is 16.8 Å². The SMILES string of the molecule is C[C@@H](N=[N+]=[N-])C(=O)Cl. The maximum atomic E-state index is 10.0. The maximum Gasteiger partial charge on any atom is 0.230 e. The van der Waals surface area contributed by atoms with Gasteiger partial charge in [0.05, 0.1) is 0 Å². The molecule has 0 aliphatic carbocycles. The van der Waals surface area contributed by atoms with Crippen LogP contribution in [0.15, 0.2) is 5.11 Å². The van der Waals surface area contributed by atoms with Crippen LogP contribution in [0.5, 0.6) is 0 Å². The Hall–Kier alpha value is -0.730. The highest BCUT2D eigenvalue weighted by atomic mass is 35.5. The van der Waals surface area contributed by atoms with Gasteiger partial charge in [0.15, 0.2) is 0 Å². The van der Waals surface area contributed by atoms with E-state index in [9.17, 15) is 4.79 Å². The molecule has 0 radical (unpaired) electrons. The number of hydrogen-bond donors (Lipinski definition) is 0. The molecular weight excluding hydrogens is 130 g/mol. The average molecular weight is 134 g/mol. The molecule has 0 N–H and O–H groups in total. The number of azide groups is 1. The van der Waals surface area contributed by atoms with E-state index in [1.165, 1.54) is 6.92 Å². The van der Waals surface area contributed by atoms with Crippen molar-refractivity contribution in [1.29, 1.82) is 0 Å². The topological polar surface area (TPSA) is 65.8 Å². The first-order valence-corrected chi connectivity index (χ1v) is 2.30. The normalized spacial score (nSPS) is 11.8. The highest BCUT2D eigenvalue weighted by molar-refractivity contribution is 6.64. The lowest BCUT2D eigenvalue weighted by Gasteiger charge is -1.89. The molecule has 0 amide bonds. The molecule has 0 unspecified atom stereocenters. The summed E-state index contributed by atoms with van der Waals surface area (Å²) in [6.45, 7) is 1.43. The molecule has 0 aromatic rings. The Kier molecular flexibility index (Phi) is 2.99. The second kappa shape index (κ2) is 3.29. The van der Waals surface area contributed by atoms with E-state index >= 15 is 0 Å². The van der Waals surface area contributed by atoms with E-state index < -0.39 is 11.3 Å². The van der Waals surface area contributed by atoms with Gasteiger partial charge >= 0.3 is 0 Å². The third kappa shape index (κ3) is 2.44. The number of hydrogen-bond acceptors (Lipinski definition) is 2. The Bertz CT molecular complexity index is 137. The molecule has 0 rings (SSSR count). The summed E-state index contributed by atoms with van der Waals surface area (Å²) in [5.74, 6) is 0. The van der Waals surface area contributed by atoms with Crippen LogP contribution in [-0.4, -0.2) is 11.3 Å². The van der Waals surface area contributed by atoms with Gasteiger partial charge in [0, 0.05) is 4.91 Å². The second-order valence-corrected chi connectivity index (χ2v) is 1.56. The van der Waals surface area contributed by atoms with Gasteiger partial charge in [0.25, 0.3) is 0 Å². The van der Waals surface area contributed by atoms with Crippen LogP contribution in [0.2, 0.25) is 0 Å². The first-order valence-electron chi connectivity index (χ1n) is 1.92. The molecule has 0 saturated heterocycles. The summed E-state index contributed by atoms with van der Waals surface area (Å²) in [6, 6.07) is -0.748. The molecule has 0 aliphatic heterocycles. The zero-order valence-corrected chi connectivity index (χ0v) is 4.96. The van der Waals surface area contributed by atoms with Crippen molar-refractivity contribution in [1.82, 2.24) is 0 Å². The van der Waals surface area contributed by atoms with Crippen LogP contribution in [0.4, 0.5) is 0 Å². The van der Waals surface area contributed by atoms with E-state index in [2.05, 4.69) is 10.0 Å². The molecule has 0 bridgehead atoms. The molecule has 0 heterocycles. The highest BCUT2D eigenvalue weighted by Gasteiger charge is 2.04. The molecule has 0 spiro atoms. The number of nitrogens with zero attached hydrogens (tertiary/aromatic N) is 3. The molecular formula is C3H4ClN3O. The van der Waals surface area contributed by atoms with Crippen molar-refractivity contribution in [2.45, 2.75) is 13.0 Å². The third-order valence-corrected chi connectivity index (χ3v) is 0.869. The zero-order valence-electron chi connectivity index (χ0n) is 4.21. The Morgan fingerprint density at radius 1 is 2.00 bits per heavy atom. The summed E-state index contributed by atoms with van der Waals surface area (Å²) < 4.78 is 0. The van der Waals surface area contributed by atoms with Gasteiger partial charge in [-0.3, -0.25) is 4.79 Å². The van der Waals surface area contributed by atoms with Crippen molar-refractivity contribution in [2.24, 2.45) is 5.11 Å². The van der Waals surface area contributed by atoms with Crippen LogP contribution in [-0.2, 0) is 4.79 Å². The van der Waals surface area contributed by atoms with Gasteiger partial charge in [-0.25, -0.2) is 0 Å². The molecule has 0 aromatic heterocycles. The highest BCUT2D eigenvalue weighted by Crippen LogP contribution is 1.94. The molecule has 0 aromatic carbocycles. The minimum Gasteiger partial charge on any atom is -0.281 e. The smallest absolute Gasteiger partial charge is 0.230 e. The van der Waals surface area contributed by atoms with Crippen LogP contribution in [0.3, 0.4) is 0 Å². The lowest BCUT2D eigenvalue weighted by Crippen LogP contribution is -2.04. The molecule has 4 nitrogen and oxygen atoms in total. The quantitative estimate of drug-likeness (QED) is 0.243. The summed E-state index contributed by atoms with van der Waals surface area (Å²) in [4.78, 5) is 12.4. The number of carbonyl (C=O) groups is 1. The van der Waals surface area contributed by atoms with Crippen LogP contribution in [0.1, 0.15) is 6.92 Å². The van der Waals surface area contributed by atoms with Crippen LogP contribution >= 0.6 is 11.6 Å². The van der Waals surface area contributed by atoms with Crippen LogP contribution < -0.4 is 0 Å². The van der Waals surface area contributed by atoms with Crippen molar-refractivity contribution < 1.29 is 4.79 Å². The fourth-order valence-electron chi connectivity index (χ4n) is 0.123. The van der Waals surface area contributed by atoms with E-state index in [0.717, 1.165) is 0 Å². The molecule has 0 fully saturated rings. The van der Waals surface area contributed by atoms with E-state index in [-0.39, 0.29) is 0 Å². The molecule has 8 heavy (non-hydrogen) atoms. The Labute approximate surface area is 51.1 Å². The van der Waals surface area contributed by atoms with Gasteiger partial charge in [-0.15, -0.1) is 0 Å². The zero-order chi connectivity index (χ0) is 6.57. The lowest BCUT2D eigenvalue weighted by atomic mass is 10.4. The Morgan fingerprint density at radius 2 is 2.50 bits per heavy atom. The molecule has 0 aliphatic rings. The summed E-state index contributed by atoms with van der Waals surface area (Å²) in [7, 11) is 0. The van der Waals surface area contributed by atoms with Crippen LogP contribution in [0.25, 0.3) is 10.4 Å². The lowest BCUT2D eigenvalue weighted by molar-refractivity contribution is -0.112. The Morgan fingerprint density at radius 3 is 2.62 bits per heavy atom. The molecule has 5 heteroatoms. The van der Waals surface area contributed by atoms with E-state index in [1.807, 2.05) is 0 Å². The van der Waals surface area contributed by atoms with Gasteiger partial charge in [0.2, 0.25) is 5.24 Å². The second-order valence-electron chi connectivity index (χ2n) is 1.18. The minimum absolute atomic E-state index is 0.636. The Balaban J connectivity index is 3.82. The first kappa shape index (κ1) is 7.27. The minimum atomic E-state index is -0.748. The summed E-state index contributed by atoms with van der Waals surface area (Å²) in [6.07, 6.45) is 0. The van der Waals surface area contributed by atoms with E-state index in [4.69, 9.17) is 17.1 Å². The van der Waals surface area contributed by atoms with Crippen molar-refractivity contribution in [3.63, 3.8) is 0 Å². The first-order chi connectivity index (χ1) is 3.68. The van der Waals surface area contributed by atoms with Gasteiger partial charge in [-0.1, -0.05) is 5.11 Å². The van der Waals surface area contributed by atoms with E-state index in [0.29, 0.717) is 0 Å². The fourth-order valence-corrected chi connectivity index (χ4v) is 0.166. The van der Waals surface area contributed by atoms with Crippen LogP contribution in [0, 0.1) is 0 Å². The third-order valence-electron chi connectivity index (χ3n) is 0.553. The predicted molar refractivity (Wildman–Crippen MR) is 29.5 cm³/mol. The van der Waals surface area contributed by atoms with Gasteiger partial charge < -0.3 is 0 Å². The molecule has 1 atom stereocenters. The maximum absolute atomic E-state index is 10.0. The number of halogens is 1. The largest absolute Gasteiger partial charge is 0.281 e. The summed E-state index contributed by atoms with van der Waals surface area (Å²) in [5.41, 5.74) is 7.73. The average Bonchev–Trinajstić information content (AvgIpc) is 1.67. The van der Waals surface area contributed by atoms with Crippen molar-refractivity contribution in [3.05, 3.63) is 10.4 Å². The van der Waals surface area contributed by atoms with Crippen molar-refractivity contribution in [2.75, 3.05) is 0 Å². The van der Waals surface area contributed by atoms with Gasteiger partial charge in [0.1, 0.15) is 6.04 Å². The number of carbonyl (C=O) groups excluding carboxylic acids is 1. The number of rotatable bonds is 2. The van der Waals surface area contributed by atoms with E-state index in [1.54, 1.807) is 0 Å². The molecule has 0 saturated carbocycles. The van der Waals surface area contributed by atoms with Crippen molar-refractivity contribution in [3.8, 4) is 0 Å². The monoisotopic (exact) mass is 133 g/mol. The van der Waals surface area contributed by atoms with Gasteiger partial charge in [-0.05, 0) is 24.1 Å². The summed E-state index contributed by atoms with van der Waals surface area (Å²) in [5, 5.41) is 2.39. The van der Waals surface area contributed by atoms with Gasteiger partial charge in [-0.2, -0.15) is 0 Å². The fraction of sp³-hybridized carbons (Fsp3) is 0.667. The summed E-state index contributed by atoms with van der Waals surface area (Å²) >= 11 is 4.90.